The maximum atomic E-state index is 12.0. The summed E-state index contributed by atoms with van der Waals surface area (Å²) in [6.07, 6.45) is 0. The fourth-order valence-electron chi connectivity index (χ4n) is 2.60. The second-order valence-electron chi connectivity index (χ2n) is 7.13. The Bertz CT molecular complexity index is 1040. The molecule has 0 fully saturated rings. The summed E-state index contributed by atoms with van der Waals surface area (Å²) in [7, 11) is -7.55. The van der Waals surface area contributed by atoms with Gasteiger partial charge in [0.25, 0.3) is 20.2 Å². The lowest BCUT2D eigenvalue weighted by atomic mass is 10.2. The molecule has 2 aromatic carbocycles. The molecule has 2 rings (SSSR count). The minimum absolute atomic E-state index is 0.0801. The lowest BCUT2D eigenvalue weighted by molar-refractivity contribution is -0.00666. The van der Waals surface area contributed by atoms with E-state index in [9.17, 15) is 16.8 Å². The summed E-state index contributed by atoms with van der Waals surface area (Å²) in [6, 6.07) is 14.3. The van der Waals surface area contributed by atoms with Crippen LogP contribution in [-0.4, -0.2) is 82.9 Å². The maximum absolute atomic E-state index is 12.0. The molecule has 0 radical (unpaired) electrons. The van der Waals surface area contributed by atoms with Crippen molar-refractivity contribution in [3.8, 4) is 0 Å². The Kier molecular flexibility index (Phi) is 13.4. The molecule has 0 heterocycles. The van der Waals surface area contributed by atoms with E-state index >= 15 is 0 Å². The van der Waals surface area contributed by atoms with Gasteiger partial charge in [-0.15, -0.1) is 0 Å². The highest BCUT2D eigenvalue weighted by molar-refractivity contribution is 7.87. The molecule has 0 aliphatic rings. The monoisotopic (exact) mass is 532 g/mol. The van der Waals surface area contributed by atoms with Crippen LogP contribution in [-0.2, 0) is 47.5 Å². The zero-order valence-electron chi connectivity index (χ0n) is 19.7. The van der Waals surface area contributed by atoms with E-state index in [1.165, 1.54) is 24.3 Å². The van der Waals surface area contributed by atoms with E-state index in [1.807, 2.05) is 6.92 Å². The average Bonchev–Trinajstić information content (AvgIpc) is 2.84. The van der Waals surface area contributed by atoms with Gasteiger partial charge in [0, 0.05) is 0 Å². The van der Waals surface area contributed by atoms with Crippen LogP contribution in [0.1, 0.15) is 5.56 Å². The van der Waals surface area contributed by atoms with Crippen molar-refractivity contribution in [2.45, 2.75) is 16.7 Å². The summed E-state index contributed by atoms with van der Waals surface area (Å²) >= 11 is 0. The van der Waals surface area contributed by atoms with Gasteiger partial charge >= 0.3 is 0 Å². The van der Waals surface area contributed by atoms with Crippen molar-refractivity contribution in [1.29, 1.82) is 0 Å². The summed E-state index contributed by atoms with van der Waals surface area (Å²) in [4.78, 5) is 0.217. The van der Waals surface area contributed by atoms with Gasteiger partial charge < -0.3 is 18.9 Å². The molecule has 0 spiro atoms. The number of hydrogen-bond donors (Lipinski definition) is 0. The highest BCUT2D eigenvalue weighted by Crippen LogP contribution is 2.13. The molecule has 10 nitrogen and oxygen atoms in total. The molecule has 0 amide bonds. The fraction of sp³-hybridized carbons (Fsp3) is 0.478. The van der Waals surface area contributed by atoms with Crippen molar-refractivity contribution in [1.82, 2.24) is 0 Å². The minimum atomic E-state index is -3.78. The minimum Gasteiger partial charge on any atom is -0.377 e. The molecule has 0 aliphatic heterocycles. The maximum Gasteiger partial charge on any atom is 0.297 e. The normalized spacial score (nSPS) is 12.1. The summed E-state index contributed by atoms with van der Waals surface area (Å²) in [5.41, 5.74) is 0.964. The molecule has 0 unspecified atom stereocenters. The Balaban J connectivity index is 1.36. The highest BCUT2D eigenvalue weighted by Gasteiger charge is 2.15. The Labute approximate surface area is 207 Å². The largest absolute Gasteiger partial charge is 0.377 e. The quantitative estimate of drug-likeness (QED) is 0.196. The zero-order chi connectivity index (χ0) is 25.4. The van der Waals surface area contributed by atoms with Gasteiger partial charge in [0.05, 0.1) is 75.9 Å². The Morgan fingerprint density at radius 3 is 1.23 bits per heavy atom. The molecule has 0 bridgehead atoms. The number of benzene rings is 2. The van der Waals surface area contributed by atoms with Crippen molar-refractivity contribution >= 4 is 20.2 Å². The molecule has 0 saturated carbocycles. The smallest absolute Gasteiger partial charge is 0.297 e. The summed E-state index contributed by atoms with van der Waals surface area (Å²) in [6.45, 7) is 3.93. The van der Waals surface area contributed by atoms with Crippen LogP contribution >= 0.6 is 0 Å². The second kappa shape index (κ2) is 16.0. The topological polar surface area (TPSA) is 124 Å². The van der Waals surface area contributed by atoms with Crippen LogP contribution in [0, 0.1) is 6.92 Å². The van der Waals surface area contributed by atoms with Crippen LogP contribution in [0.25, 0.3) is 0 Å². The van der Waals surface area contributed by atoms with Gasteiger partial charge in [-0.2, -0.15) is 16.8 Å². The van der Waals surface area contributed by atoms with Crippen molar-refractivity contribution in [2.24, 2.45) is 0 Å². The predicted octanol–water partition coefficient (Wildman–Crippen LogP) is 2.17. The molecular weight excluding hydrogens is 500 g/mol. The molecular formula is C23H32O10S2. The Morgan fingerprint density at radius 2 is 0.829 bits per heavy atom. The molecule has 196 valence electrons. The fourth-order valence-corrected chi connectivity index (χ4v) is 4.40. The third kappa shape index (κ3) is 12.1. The third-order valence-electron chi connectivity index (χ3n) is 4.39. The summed E-state index contributed by atoms with van der Waals surface area (Å²) in [5.74, 6) is 0. The molecule has 35 heavy (non-hydrogen) atoms. The van der Waals surface area contributed by atoms with Gasteiger partial charge in [-0.3, -0.25) is 8.37 Å². The first-order valence-corrected chi connectivity index (χ1v) is 13.8. The first-order valence-electron chi connectivity index (χ1n) is 11.0. The van der Waals surface area contributed by atoms with Crippen LogP contribution < -0.4 is 0 Å². The van der Waals surface area contributed by atoms with E-state index in [0.717, 1.165) is 5.56 Å². The molecule has 2 aromatic rings. The lowest BCUT2D eigenvalue weighted by Gasteiger charge is -2.08. The summed E-state index contributed by atoms with van der Waals surface area (Å²) in [5, 5.41) is 0. The van der Waals surface area contributed by atoms with Gasteiger partial charge in [0.2, 0.25) is 0 Å². The number of hydrogen-bond acceptors (Lipinski definition) is 10. The Morgan fingerprint density at radius 1 is 0.486 bits per heavy atom. The van der Waals surface area contributed by atoms with E-state index < -0.39 is 20.2 Å². The van der Waals surface area contributed by atoms with E-state index in [2.05, 4.69) is 0 Å². The average molecular weight is 533 g/mol. The third-order valence-corrected chi connectivity index (χ3v) is 7.04. The molecule has 0 saturated heterocycles. The SMILES string of the molecule is Cc1ccc(S(=O)(=O)OCCOCCOCCOCCOCCOS(=O)(=O)c2ccccc2)cc1. The van der Waals surface area contributed by atoms with E-state index in [1.54, 1.807) is 30.3 Å². The zero-order valence-corrected chi connectivity index (χ0v) is 21.3. The van der Waals surface area contributed by atoms with Gasteiger partial charge in [-0.1, -0.05) is 35.9 Å². The van der Waals surface area contributed by atoms with Crippen LogP contribution in [0.5, 0.6) is 0 Å². The van der Waals surface area contributed by atoms with Gasteiger partial charge in [0.15, 0.2) is 0 Å². The molecule has 12 heteroatoms. The lowest BCUT2D eigenvalue weighted by Crippen LogP contribution is -2.15. The van der Waals surface area contributed by atoms with Gasteiger partial charge in [0.1, 0.15) is 0 Å². The Hall–Kier alpha value is -1.90. The van der Waals surface area contributed by atoms with Crippen LogP contribution in [0.15, 0.2) is 64.4 Å². The van der Waals surface area contributed by atoms with Crippen molar-refractivity contribution < 1.29 is 44.1 Å². The van der Waals surface area contributed by atoms with E-state index in [4.69, 9.17) is 27.3 Å². The van der Waals surface area contributed by atoms with Crippen molar-refractivity contribution in [2.75, 3.05) is 66.1 Å². The van der Waals surface area contributed by atoms with E-state index in [0.29, 0.717) is 39.6 Å². The van der Waals surface area contributed by atoms with Gasteiger partial charge in [-0.25, -0.2) is 0 Å². The van der Waals surface area contributed by atoms with Gasteiger partial charge in [-0.05, 0) is 31.2 Å². The number of rotatable bonds is 19. The van der Waals surface area contributed by atoms with E-state index in [-0.39, 0.29) is 36.2 Å². The molecule has 0 aromatic heterocycles. The number of ether oxygens (including phenoxy) is 4. The first-order chi connectivity index (χ1) is 16.8. The van der Waals surface area contributed by atoms with Crippen LogP contribution in [0.2, 0.25) is 0 Å². The second-order valence-corrected chi connectivity index (χ2v) is 10.4. The molecule has 0 atom stereocenters. The number of aryl methyl sites for hydroxylation is 1. The van der Waals surface area contributed by atoms with Crippen molar-refractivity contribution in [3.63, 3.8) is 0 Å². The first kappa shape index (κ1) is 29.3. The highest BCUT2D eigenvalue weighted by atomic mass is 32.2. The molecule has 0 aliphatic carbocycles. The standard InChI is InChI=1S/C23H32O10S2/c1-21-7-9-23(10-8-21)35(26,27)33-20-18-31-16-14-29-12-11-28-13-15-30-17-19-32-34(24,25)22-5-3-2-4-6-22/h2-10H,11-20H2,1H3. The van der Waals surface area contributed by atoms with Crippen LogP contribution in [0.4, 0.5) is 0 Å². The van der Waals surface area contributed by atoms with Crippen LogP contribution in [0.3, 0.4) is 0 Å². The van der Waals surface area contributed by atoms with Crippen molar-refractivity contribution in [3.05, 3.63) is 60.2 Å². The molecule has 0 N–H and O–H groups in total. The summed E-state index contributed by atoms with van der Waals surface area (Å²) < 4.78 is 79.0. The predicted molar refractivity (Wildman–Crippen MR) is 127 cm³/mol.